The predicted molar refractivity (Wildman–Crippen MR) is 92.2 cm³/mol. The number of fused-ring (bicyclic) bond motifs is 1. The molecule has 2 nitrogen and oxygen atoms in total. The van der Waals surface area contributed by atoms with E-state index in [1.165, 1.54) is 0 Å². The van der Waals surface area contributed by atoms with E-state index >= 15 is 0 Å². The fourth-order valence-corrected chi connectivity index (χ4v) is 3.55. The summed E-state index contributed by atoms with van der Waals surface area (Å²) in [6, 6.07) is 23.7. The molecule has 3 aromatic carbocycles. The molecule has 0 saturated carbocycles. The van der Waals surface area contributed by atoms with E-state index < -0.39 is 0 Å². The summed E-state index contributed by atoms with van der Waals surface area (Å²) in [5, 5.41) is 11.5. The van der Waals surface area contributed by atoms with Crippen molar-refractivity contribution in [1.82, 2.24) is 4.98 Å². The second-order valence-corrected chi connectivity index (χ2v) is 6.09. The smallest absolute Gasteiger partial charge is 0.133 e. The van der Waals surface area contributed by atoms with Crippen LogP contribution in [0.2, 0.25) is 0 Å². The Labute approximate surface area is 132 Å². The van der Waals surface area contributed by atoms with Crippen molar-refractivity contribution in [2.75, 3.05) is 0 Å². The molecule has 0 radical (unpaired) electrons. The van der Waals surface area contributed by atoms with Crippen LogP contribution in [0.4, 0.5) is 0 Å². The van der Waals surface area contributed by atoms with Crippen molar-refractivity contribution in [2.45, 2.75) is 0 Å². The molecule has 0 aliphatic rings. The third kappa shape index (κ3) is 2.16. The number of para-hydroxylation sites is 2. The van der Waals surface area contributed by atoms with Crippen molar-refractivity contribution >= 4 is 21.6 Å². The lowest BCUT2D eigenvalue weighted by atomic mass is 10.0. The minimum atomic E-state index is 0.285. The summed E-state index contributed by atoms with van der Waals surface area (Å²) >= 11 is 1.60. The zero-order valence-electron chi connectivity index (χ0n) is 11.7. The molecule has 0 atom stereocenters. The third-order valence-electron chi connectivity index (χ3n) is 3.65. The van der Waals surface area contributed by atoms with Crippen LogP contribution in [0.15, 0.2) is 72.8 Å². The topological polar surface area (TPSA) is 33.1 Å². The van der Waals surface area contributed by atoms with Gasteiger partial charge in [-0.2, -0.15) is 0 Å². The number of phenolic OH excluding ortho intramolecular Hbond substituents is 1. The summed E-state index contributed by atoms with van der Waals surface area (Å²) in [6.45, 7) is 0. The number of phenols is 1. The average Bonchev–Trinajstić information content (AvgIpc) is 2.99. The second kappa shape index (κ2) is 5.28. The Kier molecular flexibility index (Phi) is 3.13. The van der Waals surface area contributed by atoms with Gasteiger partial charge in [0.25, 0.3) is 0 Å². The van der Waals surface area contributed by atoms with E-state index in [9.17, 15) is 5.11 Å². The maximum Gasteiger partial charge on any atom is 0.133 e. The van der Waals surface area contributed by atoms with Gasteiger partial charge in [0.2, 0.25) is 0 Å². The number of benzene rings is 3. The quantitative estimate of drug-likeness (QED) is 0.542. The molecule has 0 bridgehead atoms. The number of aromatic hydroxyl groups is 1. The van der Waals surface area contributed by atoms with Crippen LogP contribution in [-0.2, 0) is 0 Å². The number of rotatable bonds is 2. The van der Waals surface area contributed by atoms with Crippen molar-refractivity contribution in [3.05, 3.63) is 72.8 Å². The highest BCUT2D eigenvalue weighted by Crippen LogP contribution is 2.40. The van der Waals surface area contributed by atoms with Gasteiger partial charge < -0.3 is 5.11 Å². The second-order valence-electron chi connectivity index (χ2n) is 5.05. The van der Waals surface area contributed by atoms with Gasteiger partial charge in [-0.1, -0.05) is 54.6 Å². The molecule has 3 heteroatoms. The molecule has 1 N–H and O–H groups in total. The van der Waals surface area contributed by atoms with Gasteiger partial charge in [0.05, 0.1) is 15.8 Å². The van der Waals surface area contributed by atoms with Crippen LogP contribution in [-0.4, -0.2) is 10.1 Å². The number of aromatic nitrogens is 1. The zero-order valence-corrected chi connectivity index (χ0v) is 12.5. The van der Waals surface area contributed by atoms with Gasteiger partial charge in [-0.3, -0.25) is 0 Å². The van der Waals surface area contributed by atoms with E-state index in [4.69, 9.17) is 0 Å². The van der Waals surface area contributed by atoms with Crippen molar-refractivity contribution in [2.24, 2.45) is 0 Å². The van der Waals surface area contributed by atoms with Crippen molar-refractivity contribution in [3.8, 4) is 27.4 Å². The molecule has 22 heavy (non-hydrogen) atoms. The molecule has 4 aromatic rings. The first-order valence-electron chi connectivity index (χ1n) is 7.06. The molecular formula is C19H13NOS. The van der Waals surface area contributed by atoms with Gasteiger partial charge in [0.15, 0.2) is 0 Å². The van der Waals surface area contributed by atoms with Gasteiger partial charge in [-0.05, 0) is 23.8 Å². The Morgan fingerprint density at radius 2 is 1.45 bits per heavy atom. The molecule has 0 saturated heterocycles. The molecule has 4 rings (SSSR count). The van der Waals surface area contributed by atoms with Gasteiger partial charge in [-0.15, -0.1) is 11.3 Å². The van der Waals surface area contributed by atoms with Crippen molar-refractivity contribution in [3.63, 3.8) is 0 Å². The van der Waals surface area contributed by atoms with E-state index in [2.05, 4.69) is 11.1 Å². The third-order valence-corrected chi connectivity index (χ3v) is 4.71. The predicted octanol–water partition coefficient (Wildman–Crippen LogP) is 5.34. The normalized spacial score (nSPS) is 10.9. The lowest BCUT2D eigenvalue weighted by Crippen LogP contribution is -1.83. The van der Waals surface area contributed by atoms with Gasteiger partial charge >= 0.3 is 0 Å². The summed E-state index contributed by atoms with van der Waals surface area (Å²) in [5.74, 6) is 0.285. The van der Waals surface area contributed by atoms with Crippen LogP contribution in [0, 0.1) is 0 Å². The lowest BCUT2D eigenvalue weighted by molar-refractivity contribution is 0.479. The van der Waals surface area contributed by atoms with Gasteiger partial charge in [0.1, 0.15) is 10.8 Å². The van der Waals surface area contributed by atoms with E-state index in [0.717, 1.165) is 31.9 Å². The maximum atomic E-state index is 10.7. The standard InChI is InChI=1S/C19H13NOS/c21-18-14(13-7-2-1-3-8-13)9-6-10-15(18)19-20-16-11-4-5-12-17(16)22-19/h1-12,21H. The minimum Gasteiger partial charge on any atom is -0.507 e. The Bertz CT molecular complexity index is 911. The summed E-state index contributed by atoms with van der Waals surface area (Å²) in [6.07, 6.45) is 0. The number of hydrogen-bond acceptors (Lipinski definition) is 3. The van der Waals surface area contributed by atoms with Gasteiger partial charge in [0, 0.05) is 5.56 Å². The molecule has 1 heterocycles. The van der Waals surface area contributed by atoms with Crippen molar-refractivity contribution < 1.29 is 5.11 Å². The summed E-state index contributed by atoms with van der Waals surface area (Å²) in [7, 11) is 0. The molecular weight excluding hydrogens is 290 g/mol. The number of thiazole rings is 1. The van der Waals surface area contributed by atoms with Crippen LogP contribution in [0.25, 0.3) is 31.9 Å². The summed E-state index contributed by atoms with van der Waals surface area (Å²) in [5.41, 5.74) is 3.58. The van der Waals surface area contributed by atoms with E-state index in [1.807, 2.05) is 66.7 Å². The van der Waals surface area contributed by atoms with Crippen LogP contribution < -0.4 is 0 Å². The summed E-state index contributed by atoms with van der Waals surface area (Å²) < 4.78 is 1.13. The minimum absolute atomic E-state index is 0.285. The first-order chi connectivity index (χ1) is 10.8. The SMILES string of the molecule is Oc1c(-c2ccccc2)cccc1-c1nc2ccccc2s1. The highest BCUT2D eigenvalue weighted by Gasteiger charge is 2.13. The Hall–Kier alpha value is -2.65. The largest absolute Gasteiger partial charge is 0.507 e. The Morgan fingerprint density at radius 3 is 2.27 bits per heavy atom. The molecule has 0 unspecified atom stereocenters. The molecule has 0 aliphatic heterocycles. The Morgan fingerprint density at radius 1 is 0.727 bits per heavy atom. The van der Waals surface area contributed by atoms with Crippen molar-refractivity contribution in [1.29, 1.82) is 0 Å². The monoisotopic (exact) mass is 303 g/mol. The van der Waals surface area contributed by atoms with Crippen LogP contribution >= 0.6 is 11.3 Å². The van der Waals surface area contributed by atoms with E-state index in [1.54, 1.807) is 11.3 Å². The zero-order chi connectivity index (χ0) is 14.9. The van der Waals surface area contributed by atoms with Crippen LogP contribution in [0.5, 0.6) is 5.75 Å². The fourth-order valence-electron chi connectivity index (χ4n) is 2.55. The average molecular weight is 303 g/mol. The van der Waals surface area contributed by atoms with E-state index in [-0.39, 0.29) is 5.75 Å². The fraction of sp³-hybridized carbons (Fsp3) is 0. The number of nitrogens with zero attached hydrogens (tertiary/aromatic N) is 1. The highest BCUT2D eigenvalue weighted by atomic mass is 32.1. The summed E-state index contributed by atoms with van der Waals surface area (Å²) in [4.78, 5) is 4.64. The molecule has 1 aromatic heterocycles. The van der Waals surface area contributed by atoms with Crippen LogP contribution in [0.1, 0.15) is 0 Å². The highest BCUT2D eigenvalue weighted by molar-refractivity contribution is 7.21. The Balaban J connectivity index is 1.89. The maximum absolute atomic E-state index is 10.7. The number of hydrogen-bond donors (Lipinski definition) is 1. The lowest BCUT2D eigenvalue weighted by Gasteiger charge is -2.08. The first kappa shape index (κ1) is 13.0. The molecule has 0 amide bonds. The molecule has 0 aliphatic carbocycles. The molecule has 106 valence electrons. The van der Waals surface area contributed by atoms with Gasteiger partial charge in [-0.25, -0.2) is 4.98 Å². The molecule has 0 spiro atoms. The van der Waals surface area contributed by atoms with Crippen LogP contribution in [0.3, 0.4) is 0 Å². The van der Waals surface area contributed by atoms with E-state index in [0.29, 0.717) is 0 Å². The first-order valence-corrected chi connectivity index (χ1v) is 7.88. The molecule has 0 fully saturated rings.